The molecule has 2 aliphatic rings. The highest BCUT2D eigenvalue weighted by Gasteiger charge is 2.35. The molecule has 1 amide bonds. The zero-order valence-electron chi connectivity index (χ0n) is 15.8. The molecule has 4 rings (SSSR count). The van der Waals surface area contributed by atoms with Crippen LogP contribution in [0.25, 0.3) is 5.65 Å². The number of ether oxygens (including phenoxy) is 1. The maximum atomic E-state index is 12.2. The molecule has 0 aromatic carbocycles. The molecule has 2 aromatic rings. The lowest BCUT2D eigenvalue weighted by Gasteiger charge is -2.44. The van der Waals surface area contributed by atoms with Gasteiger partial charge in [-0.1, -0.05) is 6.42 Å². The summed E-state index contributed by atoms with van der Waals surface area (Å²) in [5, 5.41) is 13.3. The predicted octanol–water partition coefficient (Wildman–Crippen LogP) is 2.45. The summed E-state index contributed by atoms with van der Waals surface area (Å²) in [6.45, 7) is 7.13. The van der Waals surface area contributed by atoms with Crippen molar-refractivity contribution in [2.24, 2.45) is 0 Å². The van der Waals surface area contributed by atoms with Crippen LogP contribution in [-0.2, 0) is 4.74 Å². The Hall–Kier alpha value is -2.38. The summed E-state index contributed by atoms with van der Waals surface area (Å²) in [5.74, 6) is 2.35. The van der Waals surface area contributed by atoms with E-state index >= 15 is 0 Å². The fourth-order valence-electron chi connectivity index (χ4n) is 3.26. The zero-order valence-corrected chi connectivity index (χ0v) is 15.8. The van der Waals surface area contributed by atoms with E-state index in [-0.39, 0.29) is 12.1 Å². The van der Waals surface area contributed by atoms with Crippen molar-refractivity contribution in [3.8, 4) is 0 Å². The number of anilines is 1. The van der Waals surface area contributed by atoms with Crippen molar-refractivity contribution in [2.75, 3.05) is 25.0 Å². The number of rotatable bonds is 3. The van der Waals surface area contributed by atoms with Gasteiger partial charge in [-0.3, -0.25) is 0 Å². The number of hydrogen-bond donors (Lipinski definition) is 0. The van der Waals surface area contributed by atoms with E-state index in [0.717, 1.165) is 30.4 Å². The summed E-state index contributed by atoms with van der Waals surface area (Å²) in [6, 6.07) is 4.06. The fourth-order valence-corrected chi connectivity index (χ4v) is 3.26. The predicted molar refractivity (Wildman–Crippen MR) is 97.4 cm³/mol. The molecule has 0 bridgehead atoms. The minimum Gasteiger partial charge on any atom is -0.444 e. The van der Waals surface area contributed by atoms with Gasteiger partial charge in [0.1, 0.15) is 11.4 Å². The van der Waals surface area contributed by atoms with Crippen molar-refractivity contribution < 1.29 is 9.53 Å². The molecule has 0 radical (unpaired) electrons. The van der Waals surface area contributed by atoms with Crippen molar-refractivity contribution in [1.29, 1.82) is 0 Å². The molecular weight excluding hydrogens is 332 g/mol. The van der Waals surface area contributed by atoms with Crippen LogP contribution in [-0.4, -0.2) is 62.6 Å². The number of nitrogens with zero attached hydrogens (tertiary/aromatic N) is 6. The summed E-state index contributed by atoms with van der Waals surface area (Å²) in [6.07, 6.45) is 3.30. The molecule has 140 valence electrons. The van der Waals surface area contributed by atoms with E-state index in [1.54, 1.807) is 11.9 Å². The van der Waals surface area contributed by atoms with Crippen LogP contribution in [0.1, 0.15) is 51.8 Å². The second-order valence-corrected chi connectivity index (χ2v) is 8.30. The molecule has 26 heavy (non-hydrogen) atoms. The molecule has 0 spiro atoms. The molecule has 1 saturated carbocycles. The third kappa shape index (κ3) is 3.08. The third-order valence-electron chi connectivity index (χ3n) is 5.16. The Kier molecular flexibility index (Phi) is 4.00. The van der Waals surface area contributed by atoms with Crippen molar-refractivity contribution in [2.45, 2.75) is 57.6 Å². The first-order valence-electron chi connectivity index (χ1n) is 9.25. The second kappa shape index (κ2) is 6.10. The molecule has 8 nitrogen and oxygen atoms in total. The Balaban J connectivity index is 1.43. The number of aromatic nitrogens is 4. The van der Waals surface area contributed by atoms with Crippen molar-refractivity contribution in [3.63, 3.8) is 0 Å². The first-order valence-corrected chi connectivity index (χ1v) is 9.25. The average Bonchev–Trinajstić information content (AvgIpc) is 2.85. The van der Waals surface area contributed by atoms with Gasteiger partial charge in [-0.2, -0.15) is 4.52 Å². The number of fused-ring (bicyclic) bond motifs is 1. The molecule has 8 heteroatoms. The van der Waals surface area contributed by atoms with Crippen LogP contribution in [0.5, 0.6) is 0 Å². The van der Waals surface area contributed by atoms with E-state index < -0.39 is 5.60 Å². The van der Waals surface area contributed by atoms with E-state index in [1.807, 2.05) is 37.4 Å². The monoisotopic (exact) mass is 358 g/mol. The Morgan fingerprint density at radius 1 is 1.23 bits per heavy atom. The largest absolute Gasteiger partial charge is 0.444 e. The number of hydrogen-bond acceptors (Lipinski definition) is 6. The van der Waals surface area contributed by atoms with E-state index in [4.69, 9.17) is 9.84 Å². The van der Waals surface area contributed by atoms with E-state index in [0.29, 0.717) is 5.92 Å². The minimum atomic E-state index is -0.478. The highest BCUT2D eigenvalue weighted by atomic mass is 16.6. The molecule has 3 heterocycles. The van der Waals surface area contributed by atoms with Gasteiger partial charge < -0.3 is 14.5 Å². The molecule has 0 unspecified atom stereocenters. The number of likely N-dealkylation sites (N-methyl/N-ethyl adjacent to an activating group) is 1. The minimum absolute atomic E-state index is 0.134. The smallest absolute Gasteiger partial charge is 0.410 e. The van der Waals surface area contributed by atoms with Crippen LogP contribution in [0.4, 0.5) is 10.6 Å². The SMILES string of the molecule is CN(C(=O)OC(C)(C)C)C1CN(c2ccc3nnc(C4CCC4)n3n2)C1. The first kappa shape index (κ1) is 17.1. The van der Waals surface area contributed by atoms with Crippen LogP contribution in [0.15, 0.2) is 12.1 Å². The van der Waals surface area contributed by atoms with Crippen LogP contribution >= 0.6 is 0 Å². The van der Waals surface area contributed by atoms with Gasteiger partial charge in [-0.15, -0.1) is 15.3 Å². The normalized spacial score (nSPS) is 18.5. The van der Waals surface area contributed by atoms with Gasteiger partial charge in [0, 0.05) is 26.1 Å². The standard InChI is InChI=1S/C18H26N6O2/c1-18(2,3)26-17(25)22(4)13-10-23(11-13)15-9-8-14-19-20-16(24(14)21-15)12-6-5-7-12/h8-9,12-13H,5-7,10-11H2,1-4H3. The summed E-state index contributed by atoms with van der Waals surface area (Å²) in [7, 11) is 1.79. The maximum Gasteiger partial charge on any atom is 0.410 e. The summed E-state index contributed by atoms with van der Waals surface area (Å²) in [5.41, 5.74) is 0.312. The average molecular weight is 358 g/mol. The molecule has 1 aliphatic heterocycles. The summed E-state index contributed by atoms with van der Waals surface area (Å²) >= 11 is 0. The Bertz CT molecular complexity index is 817. The lowest BCUT2D eigenvalue weighted by molar-refractivity contribution is 0.0196. The molecule has 1 aliphatic carbocycles. The zero-order chi connectivity index (χ0) is 18.5. The molecule has 0 N–H and O–H groups in total. The van der Waals surface area contributed by atoms with Crippen LogP contribution < -0.4 is 4.90 Å². The van der Waals surface area contributed by atoms with Gasteiger partial charge in [0.15, 0.2) is 11.5 Å². The highest BCUT2D eigenvalue weighted by molar-refractivity contribution is 5.69. The highest BCUT2D eigenvalue weighted by Crippen LogP contribution is 2.35. The van der Waals surface area contributed by atoms with Crippen molar-refractivity contribution in [1.82, 2.24) is 24.7 Å². The second-order valence-electron chi connectivity index (χ2n) is 8.30. The van der Waals surface area contributed by atoms with E-state index in [2.05, 4.69) is 15.1 Å². The Morgan fingerprint density at radius 2 is 1.96 bits per heavy atom. The van der Waals surface area contributed by atoms with Gasteiger partial charge in [-0.25, -0.2) is 4.79 Å². The van der Waals surface area contributed by atoms with Gasteiger partial charge >= 0.3 is 6.09 Å². The Labute approximate surface area is 153 Å². The van der Waals surface area contributed by atoms with Crippen LogP contribution in [0.2, 0.25) is 0 Å². The number of carbonyl (C=O) groups is 1. The van der Waals surface area contributed by atoms with Gasteiger partial charge in [0.25, 0.3) is 0 Å². The molecule has 2 fully saturated rings. The lowest BCUT2D eigenvalue weighted by Crippen LogP contribution is -2.60. The number of carbonyl (C=O) groups excluding carboxylic acids is 1. The van der Waals surface area contributed by atoms with Gasteiger partial charge in [0.2, 0.25) is 0 Å². The van der Waals surface area contributed by atoms with Crippen LogP contribution in [0.3, 0.4) is 0 Å². The molecule has 2 aromatic heterocycles. The molecule has 0 atom stereocenters. The van der Waals surface area contributed by atoms with Crippen LogP contribution in [0, 0.1) is 0 Å². The first-order chi connectivity index (χ1) is 12.3. The lowest BCUT2D eigenvalue weighted by atomic mass is 9.85. The van der Waals surface area contributed by atoms with Gasteiger partial charge in [-0.05, 0) is 45.7 Å². The summed E-state index contributed by atoms with van der Waals surface area (Å²) in [4.78, 5) is 16.0. The summed E-state index contributed by atoms with van der Waals surface area (Å²) < 4.78 is 7.32. The number of amides is 1. The fraction of sp³-hybridized carbons (Fsp3) is 0.667. The van der Waals surface area contributed by atoms with E-state index in [9.17, 15) is 4.79 Å². The topological polar surface area (TPSA) is 75.9 Å². The van der Waals surface area contributed by atoms with E-state index in [1.165, 1.54) is 19.3 Å². The quantitative estimate of drug-likeness (QED) is 0.839. The van der Waals surface area contributed by atoms with Crippen molar-refractivity contribution >= 4 is 17.6 Å². The molecule has 1 saturated heterocycles. The maximum absolute atomic E-state index is 12.2. The van der Waals surface area contributed by atoms with Gasteiger partial charge in [0.05, 0.1) is 6.04 Å². The third-order valence-corrected chi connectivity index (χ3v) is 5.16. The Morgan fingerprint density at radius 3 is 2.58 bits per heavy atom. The molecular formula is C18H26N6O2. The van der Waals surface area contributed by atoms with Crippen molar-refractivity contribution in [3.05, 3.63) is 18.0 Å².